The number of β-amino-alcohol motifs (C(OH)–C–C–N with tert-alkyl or cyclic N) is 1. The van der Waals surface area contributed by atoms with Crippen LogP contribution in [0.15, 0.2) is 54.7 Å². The first-order chi connectivity index (χ1) is 16.0. The zero-order valence-electron chi connectivity index (χ0n) is 19.3. The molecule has 0 spiro atoms. The number of benzene rings is 2. The van der Waals surface area contributed by atoms with Crippen molar-refractivity contribution in [3.63, 3.8) is 0 Å². The van der Waals surface area contributed by atoms with Gasteiger partial charge < -0.3 is 15.2 Å². The first kappa shape index (κ1) is 23.2. The molecule has 1 unspecified atom stereocenters. The molecule has 33 heavy (non-hydrogen) atoms. The standard InChI is InChI=1S/C26H32N4O3/c1-19-5-3-6-20(2)26(19)28-25(32)17-30-13-11-29(12-14-30)16-22(31)18-33-23-8-9-24-21(15-23)7-4-10-27-24/h3-10,15,22,31H,11-14,16-18H2,1-2H3,(H,28,32). The molecule has 0 aliphatic carbocycles. The van der Waals surface area contributed by atoms with Crippen molar-refractivity contribution in [3.05, 3.63) is 65.9 Å². The summed E-state index contributed by atoms with van der Waals surface area (Å²) >= 11 is 0. The van der Waals surface area contributed by atoms with E-state index in [0.29, 0.717) is 13.1 Å². The van der Waals surface area contributed by atoms with Crippen LogP contribution in [-0.2, 0) is 4.79 Å². The second kappa shape index (κ2) is 10.7. The Balaban J connectivity index is 1.18. The number of aromatic nitrogens is 1. The van der Waals surface area contributed by atoms with Gasteiger partial charge in [-0.25, -0.2) is 0 Å². The van der Waals surface area contributed by atoms with Crippen LogP contribution in [-0.4, -0.2) is 77.8 Å². The topological polar surface area (TPSA) is 77.9 Å². The Labute approximate surface area is 195 Å². The van der Waals surface area contributed by atoms with Crippen LogP contribution in [0, 0.1) is 13.8 Å². The molecule has 0 saturated carbocycles. The van der Waals surface area contributed by atoms with Crippen molar-refractivity contribution in [2.75, 3.05) is 51.2 Å². The van der Waals surface area contributed by atoms with E-state index in [1.165, 1.54) is 0 Å². The lowest BCUT2D eigenvalue weighted by Crippen LogP contribution is -2.50. The summed E-state index contributed by atoms with van der Waals surface area (Å²) in [5.74, 6) is 0.745. The van der Waals surface area contributed by atoms with Crippen LogP contribution in [0.2, 0.25) is 0 Å². The van der Waals surface area contributed by atoms with Crippen molar-refractivity contribution in [2.24, 2.45) is 0 Å². The predicted molar refractivity (Wildman–Crippen MR) is 131 cm³/mol. The van der Waals surface area contributed by atoms with E-state index in [0.717, 1.165) is 59.6 Å². The fourth-order valence-electron chi connectivity index (χ4n) is 4.21. The van der Waals surface area contributed by atoms with Crippen molar-refractivity contribution < 1.29 is 14.6 Å². The molecule has 1 fully saturated rings. The Bertz CT molecular complexity index is 1080. The molecular weight excluding hydrogens is 416 g/mol. The van der Waals surface area contributed by atoms with E-state index in [-0.39, 0.29) is 12.5 Å². The first-order valence-corrected chi connectivity index (χ1v) is 11.4. The van der Waals surface area contributed by atoms with Crippen molar-refractivity contribution in [2.45, 2.75) is 20.0 Å². The molecule has 2 N–H and O–H groups in total. The quantitative estimate of drug-likeness (QED) is 0.552. The highest BCUT2D eigenvalue weighted by atomic mass is 16.5. The molecule has 0 radical (unpaired) electrons. The molecule has 0 bridgehead atoms. The number of carbonyl (C=O) groups is 1. The van der Waals surface area contributed by atoms with Crippen LogP contribution in [0.3, 0.4) is 0 Å². The van der Waals surface area contributed by atoms with Gasteiger partial charge in [-0.05, 0) is 49.2 Å². The van der Waals surface area contributed by atoms with E-state index in [2.05, 4.69) is 20.1 Å². The van der Waals surface area contributed by atoms with Gasteiger partial charge in [0.15, 0.2) is 0 Å². The molecule has 174 valence electrons. The van der Waals surface area contributed by atoms with Gasteiger partial charge in [-0.3, -0.25) is 19.6 Å². The Hall–Kier alpha value is -3.00. The number of aliphatic hydroxyl groups is 1. The van der Waals surface area contributed by atoms with E-state index < -0.39 is 6.10 Å². The molecule has 1 aliphatic heterocycles. The third kappa shape index (κ3) is 6.28. The largest absolute Gasteiger partial charge is 0.491 e. The zero-order chi connectivity index (χ0) is 23.2. The van der Waals surface area contributed by atoms with Crippen LogP contribution in [0.4, 0.5) is 5.69 Å². The number of anilines is 1. The molecule has 1 atom stereocenters. The summed E-state index contributed by atoms with van der Waals surface area (Å²) in [6.45, 7) is 8.41. The van der Waals surface area contributed by atoms with E-state index in [1.54, 1.807) is 6.20 Å². The molecule has 1 saturated heterocycles. The molecular formula is C26H32N4O3. The summed E-state index contributed by atoms with van der Waals surface area (Å²) in [5.41, 5.74) is 3.98. The smallest absolute Gasteiger partial charge is 0.238 e. The van der Waals surface area contributed by atoms with Gasteiger partial charge in [-0.1, -0.05) is 24.3 Å². The lowest BCUT2D eigenvalue weighted by atomic mass is 10.1. The maximum atomic E-state index is 12.5. The third-order valence-corrected chi connectivity index (χ3v) is 6.06. The number of fused-ring (bicyclic) bond motifs is 1. The van der Waals surface area contributed by atoms with Crippen LogP contribution in [0.1, 0.15) is 11.1 Å². The highest BCUT2D eigenvalue weighted by Gasteiger charge is 2.21. The van der Waals surface area contributed by atoms with Crippen LogP contribution < -0.4 is 10.1 Å². The number of hydrogen-bond acceptors (Lipinski definition) is 6. The SMILES string of the molecule is Cc1cccc(C)c1NC(=O)CN1CCN(CC(O)COc2ccc3ncccc3c2)CC1. The van der Waals surface area contributed by atoms with Gasteiger partial charge in [-0.15, -0.1) is 0 Å². The van der Waals surface area contributed by atoms with Gasteiger partial charge in [-0.2, -0.15) is 0 Å². The van der Waals surface area contributed by atoms with Gasteiger partial charge in [0.25, 0.3) is 0 Å². The Morgan fingerprint density at radius 2 is 1.79 bits per heavy atom. The van der Waals surface area contributed by atoms with Crippen LogP contribution >= 0.6 is 0 Å². The fourth-order valence-corrected chi connectivity index (χ4v) is 4.21. The average molecular weight is 449 g/mol. The van der Waals surface area contributed by atoms with E-state index in [4.69, 9.17) is 4.74 Å². The number of nitrogens with zero attached hydrogens (tertiary/aromatic N) is 3. The first-order valence-electron chi connectivity index (χ1n) is 11.4. The second-order valence-corrected chi connectivity index (χ2v) is 8.71. The highest BCUT2D eigenvalue weighted by molar-refractivity contribution is 5.93. The normalized spacial score (nSPS) is 16.0. The lowest BCUT2D eigenvalue weighted by Gasteiger charge is -2.35. The number of ether oxygens (including phenoxy) is 1. The summed E-state index contributed by atoms with van der Waals surface area (Å²) in [6, 6.07) is 15.6. The number of pyridine rings is 1. The Morgan fingerprint density at radius 3 is 2.55 bits per heavy atom. The minimum Gasteiger partial charge on any atom is -0.491 e. The molecule has 1 aromatic heterocycles. The van der Waals surface area contributed by atoms with Gasteiger partial charge >= 0.3 is 0 Å². The van der Waals surface area contributed by atoms with E-state index in [1.807, 2.05) is 62.4 Å². The number of para-hydroxylation sites is 1. The van der Waals surface area contributed by atoms with Crippen molar-refractivity contribution in [3.8, 4) is 5.75 Å². The number of rotatable bonds is 8. The Kier molecular flexibility index (Phi) is 7.54. The molecule has 2 heterocycles. The second-order valence-electron chi connectivity index (χ2n) is 8.71. The van der Waals surface area contributed by atoms with Crippen LogP contribution in [0.25, 0.3) is 10.9 Å². The maximum absolute atomic E-state index is 12.5. The molecule has 1 aliphatic rings. The number of hydrogen-bond donors (Lipinski definition) is 2. The minimum atomic E-state index is -0.575. The van der Waals surface area contributed by atoms with Crippen LogP contribution in [0.5, 0.6) is 5.75 Å². The molecule has 7 heteroatoms. The molecule has 2 aromatic carbocycles. The number of amides is 1. The monoisotopic (exact) mass is 448 g/mol. The summed E-state index contributed by atoms with van der Waals surface area (Å²) in [7, 11) is 0. The third-order valence-electron chi connectivity index (χ3n) is 6.06. The van der Waals surface area contributed by atoms with E-state index in [9.17, 15) is 9.90 Å². The molecule has 1 amide bonds. The Morgan fingerprint density at radius 1 is 1.06 bits per heavy atom. The minimum absolute atomic E-state index is 0.0138. The maximum Gasteiger partial charge on any atom is 0.238 e. The number of carbonyl (C=O) groups excluding carboxylic acids is 1. The van der Waals surface area contributed by atoms with Gasteiger partial charge in [0.2, 0.25) is 5.91 Å². The van der Waals surface area contributed by atoms with Crippen molar-refractivity contribution in [1.29, 1.82) is 0 Å². The number of nitrogens with one attached hydrogen (secondary N) is 1. The summed E-state index contributed by atoms with van der Waals surface area (Å²) in [6.07, 6.45) is 1.19. The fraction of sp³-hybridized carbons (Fsp3) is 0.385. The average Bonchev–Trinajstić information content (AvgIpc) is 2.81. The number of piperazine rings is 1. The van der Waals surface area contributed by atoms with Crippen molar-refractivity contribution >= 4 is 22.5 Å². The highest BCUT2D eigenvalue weighted by Crippen LogP contribution is 2.20. The lowest BCUT2D eigenvalue weighted by molar-refractivity contribution is -0.117. The predicted octanol–water partition coefficient (Wildman–Crippen LogP) is 2.85. The molecule has 3 aromatic rings. The van der Waals surface area contributed by atoms with Gasteiger partial charge in [0.1, 0.15) is 18.5 Å². The van der Waals surface area contributed by atoms with Gasteiger partial charge in [0.05, 0.1) is 12.1 Å². The molecule has 7 nitrogen and oxygen atoms in total. The van der Waals surface area contributed by atoms with Gasteiger partial charge in [0, 0.05) is 50.0 Å². The number of aryl methyl sites for hydroxylation is 2. The number of aliphatic hydroxyl groups excluding tert-OH is 1. The van der Waals surface area contributed by atoms with E-state index >= 15 is 0 Å². The summed E-state index contributed by atoms with van der Waals surface area (Å²) in [5, 5.41) is 14.5. The summed E-state index contributed by atoms with van der Waals surface area (Å²) < 4.78 is 5.80. The zero-order valence-corrected chi connectivity index (χ0v) is 19.3. The van der Waals surface area contributed by atoms with Crippen molar-refractivity contribution in [1.82, 2.24) is 14.8 Å². The summed E-state index contributed by atoms with van der Waals surface area (Å²) in [4.78, 5) is 21.2. The molecule has 4 rings (SSSR count).